The summed E-state index contributed by atoms with van der Waals surface area (Å²) in [6, 6.07) is -0.0706. The van der Waals surface area contributed by atoms with Gasteiger partial charge in [-0.05, 0) is 31.4 Å². The summed E-state index contributed by atoms with van der Waals surface area (Å²) >= 11 is 0. The number of nitrogen functional groups attached to an aromatic ring is 1. The van der Waals surface area contributed by atoms with Crippen LogP contribution in [0.2, 0.25) is 0 Å². The van der Waals surface area contributed by atoms with Gasteiger partial charge in [-0.1, -0.05) is 5.10 Å². The van der Waals surface area contributed by atoms with Crippen molar-refractivity contribution < 1.29 is 9.59 Å². The highest BCUT2D eigenvalue weighted by atomic mass is 16.2. The fraction of sp³-hybridized carbons (Fsp3) is 0.600. The predicted molar refractivity (Wildman–Crippen MR) is 89.8 cm³/mol. The van der Waals surface area contributed by atoms with Crippen LogP contribution in [0.4, 0.5) is 5.95 Å². The molecule has 2 aromatic rings. The summed E-state index contributed by atoms with van der Waals surface area (Å²) in [5.41, 5.74) is 7.05. The maximum atomic E-state index is 12.6. The normalized spacial score (nSPS) is 21.8. The summed E-state index contributed by atoms with van der Waals surface area (Å²) < 4.78 is 1.89. The number of aryl methyl sites for hydroxylation is 1. The highest BCUT2D eigenvalue weighted by Gasteiger charge is 2.34. The number of carbonyl (C=O) groups excluding carboxylic acids is 2. The zero-order valence-electron chi connectivity index (χ0n) is 14.5. The second kappa shape index (κ2) is 6.39. The molecule has 0 saturated carbocycles. The van der Waals surface area contributed by atoms with E-state index >= 15 is 0 Å². The number of likely N-dealkylation sites (tertiary alicyclic amines) is 1. The molecule has 1 fully saturated rings. The lowest BCUT2D eigenvalue weighted by molar-refractivity contribution is -0.132. The minimum absolute atomic E-state index is 0.0199. The largest absolute Gasteiger partial charge is 0.365 e. The van der Waals surface area contributed by atoms with Gasteiger partial charge in [-0.25, -0.2) is 0 Å². The van der Waals surface area contributed by atoms with Crippen LogP contribution in [0.1, 0.15) is 35.8 Å². The second-order valence-electron chi connectivity index (χ2n) is 6.81. The van der Waals surface area contributed by atoms with Crippen molar-refractivity contribution in [1.82, 2.24) is 40.2 Å². The maximum absolute atomic E-state index is 12.6. The third kappa shape index (κ3) is 3.00. The molecule has 11 nitrogen and oxygen atoms in total. The molecule has 2 aliphatic rings. The van der Waals surface area contributed by atoms with E-state index in [1.165, 1.54) is 4.80 Å². The molecule has 138 valence electrons. The van der Waals surface area contributed by atoms with Gasteiger partial charge in [0.05, 0.1) is 17.5 Å². The highest BCUT2D eigenvalue weighted by Crippen LogP contribution is 2.21. The molecule has 0 bridgehead atoms. The number of hydrogen-bond acceptors (Lipinski definition) is 7. The number of aromatic nitrogens is 6. The average Bonchev–Trinajstić information content (AvgIpc) is 3.32. The Bertz CT molecular complexity index is 842. The maximum Gasteiger partial charge on any atom is 0.260 e. The van der Waals surface area contributed by atoms with Gasteiger partial charge in [0.1, 0.15) is 6.54 Å². The Morgan fingerprint density at radius 2 is 2.27 bits per heavy atom. The summed E-state index contributed by atoms with van der Waals surface area (Å²) in [5, 5.41) is 18.4. The summed E-state index contributed by atoms with van der Waals surface area (Å²) in [5.74, 6) is -0.213. The van der Waals surface area contributed by atoms with E-state index in [1.807, 2.05) is 11.6 Å². The predicted octanol–water partition coefficient (Wildman–Crippen LogP) is -1.18. The van der Waals surface area contributed by atoms with E-state index in [1.54, 1.807) is 11.1 Å². The number of anilines is 1. The standard InChI is InChI=1S/C15H21N9O2/c1-9-5-10(7-22(9)13(25)8-24-20-15(16)19-21-24)18-14(26)11-6-17-23-4-2-3-12(11)23/h6,9-10H,2-5,7-8H2,1H3,(H2,16,20)(H,18,26). The minimum atomic E-state index is -0.127. The monoisotopic (exact) mass is 359 g/mol. The van der Waals surface area contributed by atoms with Crippen molar-refractivity contribution in [2.45, 2.75) is 51.4 Å². The third-order valence-electron chi connectivity index (χ3n) is 4.95. The molecule has 0 aliphatic carbocycles. The lowest BCUT2D eigenvalue weighted by atomic mass is 10.1. The molecule has 3 N–H and O–H groups in total. The van der Waals surface area contributed by atoms with E-state index in [4.69, 9.17) is 5.73 Å². The lowest BCUT2D eigenvalue weighted by Crippen LogP contribution is -2.40. The van der Waals surface area contributed by atoms with Gasteiger partial charge in [-0.3, -0.25) is 14.3 Å². The molecule has 2 atom stereocenters. The van der Waals surface area contributed by atoms with Gasteiger partial charge < -0.3 is 16.0 Å². The molecule has 2 aromatic heterocycles. The van der Waals surface area contributed by atoms with Gasteiger partial charge in [0.15, 0.2) is 0 Å². The molecule has 0 aromatic carbocycles. The van der Waals surface area contributed by atoms with Crippen LogP contribution < -0.4 is 11.1 Å². The molecule has 4 rings (SSSR count). The molecule has 4 heterocycles. The first-order valence-electron chi connectivity index (χ1n) is 8.69. The van der Waals surface area contributed by atoms with E-state index in [2.05, 4.69) is 25.8 Å². The SMILES string of the molecule is CC1CC(NC(=O)c2cnn3c2CCC3)CN1C(=O)Cn1nnc(N)n1. The van der Waals surface area contributed by atoms with E-state index in [0.29, 0.717) is 18.5 Å². The number of nitrogens with zero attached hydrogens (tertiary/aromatic N) is 7. The lowest BCUT2D eigenvalue weighted by Gasteiger charge is -2.20. The Balaban J connectivity index is 1.37. The van der Waals surface area contributed by atoms with Crippen LogP contribution in [0.3, 0.4) is 0 Å². The van der Waals surface area contributed by atoms with Gasteiger partial charge in [-0.15, -0.1) is 5.10 Å². The fourth-order valence-corrected chi connectivity index (χ4v) is 3.73. The van der Waals surface area contributed by atoms with E-state index in [9.17, 15) is 9.59 Å². The van der Waals surface area contributed by atoms with Crippen LogP contribution in [-0.4, -0.2) is 65.3 Å². The molecule has 26 heavy (non-hydrogen) atoms. The Kier molecular flexibility index (Phi) is 4.05. The summed E-state index contributed by atoms with van der Waals surface area (Å²) in [6.45, 7) is 3.27. The Labute approximate surface area is 149 Å². The Morgan fingerprint density at radius 3 is 3.04 bits per heavy atom. The zero-order chi connectivity index (χ0) is 18.3. The number of nitrogens with two attached hydrogens (primary N) is 1. The van der Waals surface area contributed by atoms with Crippen LogP contribution in [-0.2, 0) is 24.3 Å². The van der Waals surface area contributed by atoms with E-state index in [-0.39, 0.29) is 36.4 Å². The summed E-state index contributed by atoms with van der Waals surface area (Å²) in [6.07, 6.45) is 4.23. The van der Waals surface area contributed by atoms with Crippen molar-refractivity contribution in [1.29, 1.82) is 0 Å². The highest BCUT2D eigenvalue weighted by molar-refractivity contribution is 5.95. The van der Waals surface area contributed by atoms with E-state index < -0.39 is 0 Å². The first-order chi connectivity index (χ1) is 12.5. The summed E-state index contributed by atoms with van der Waals surface area (Å²) in [4.78, 5) is 28.0. The zero-order valence-corrected chi connectivity index (χ0v) is 14.5. The first-order valence-corrected chi connectivity index (χ1v) is 8.69. The Hall–Kier alpha value is -2.98. The number of amides is 2. The average molecular weight is 359 g/mol. The third-order valence-corrected chi connectivity index (χ3v) is 4.95. The molecule has 11 heteroatoms. The van der Waals surface area contributed by atoms with Crippen LogP contribution in [0.15, 0.2) is 6.20 Å². The fourth-order valence-electron chi connectivity index (χ4n) is 3.73. The van der Waals surface area contributed by atoms with Crippen LogP contribution in [0.5, 0.6) is 0 Å². The van der Waals surface area contributed by atoms with Crippen LogP contribution in [0, 0.1) is 0 Å². The molecular weight excluding hydrogens is 338 g/mol. The molecule has 2 unspecified atom stereocenters. The van der Waals surface area contributed by atoms with Gasteiger partial charge in [0, 0.05) is 25.2 Å². The quantitative estimate of drug-likeness (QED) is 0.701. The topological polar surface area (TPSA) is 137 Å². The smallest absolute Gasteiger partial charge is 0.260 e. The molecule has 0 spiro atoms. The molecule has 0 radical (unpaired) electrons. The number of tetrazole rings is 1. The van der Waals surface area contributed by atoms with Crippen molar-refractivity contribution in [3.63, 3.8) is 0 Å². The molecule has 2 amide bonds. The van der Waals surface area contributed by atoms with E-state index in [0.717, 1.165) is 25.1 Å². The number of carbonyl (C=O) groups is 2. The second-order valence-corrected chi connectivity index (χ2v) is 6.81. The van der Waals surface area contributed by atoms with Crippen molar-refractivity contribution >= 4 is 17.8 Å². The van der Waals surface area contributed by atoms with Crippen LogP contribution >= 0.6 is 0 Å². The molecular formula is C15H21N9O2. The number of fused-ring (bicyclic) bond motifs is 1. The minimum Gasteiger partial charge on any atom is -0.365 e. The van der Waals surface area contributed by atoms with Crippen molar-refractivity contribution in [2.24, 2.45) is 0 Å². The number of hydrogen-bond donors (Lipinski definition) is 2. The Morgan fingerprint density at radius 1 is 1.42 bits per heavy atom. The van der Waals surface area contributed by atoms with Gasteiger partial charge in [0.2, 0.25) is 5.91 Å². The van der Waals surface area contributed by atoms with Crippen molar-refractivity contribution in [3.05, 3.63) is 17.5 Å². The molecule has 1 saturated heterocycles. The van der Waals surface area contributed by atoms with Gasteiger partial charge >= 0.3 is 0 Å². The number of nitrogens with one attached hydrogen (secondary N) is 1. The van der Waals surface area contributed by atoms with Crippen molar-refractivity contribution in [2.75, 3.05) is 12.3 Å². The molecule has 2 aliphatic heterocycles. The summed E-state index contributed by atoms with van der Waals surface area (Å²) in [7, 11) is 0. The number of rotatable bonds is 4. The van der Waals surface area contributed by atoms with Gasteiger partial charge in [-0.2, -0.15) is 9.90 Å². The van der Waals surface area contributed by atoms with Crippen LogP contribution in [0.25, 0.3) is 0 Å². The van der Waals surface area contributed by atoms with Gasteiger partial charge in [0.25, 0.3) is 11.9 Å². The first kappa shape index (κ1) is 16.5. The van der Waals surface area contributed by atoms with Crippen molar-refractivity contribution in [3.8, 4) is 0 Å².